The molecule has 1 heterocycles. The fourth-order valence-corrected chi connectivity index (χ4v) is 1.70. The Kier molecular flexibility index (Phi) is 4.95. The van der Waals surface area contributed by atoms with Gasteiger partial charge in [-0.05, 0) is 19.9 Å². The molecule has 14 heavy (non-hydrogen) atoms. The highest BCUT2D eigenvalue weighted by Crippen LogP contribution is 2.10. The van der Waals surface area contributed by atoms with Crippen LogP contribution in [-0.4, -0.2) is 43.8 Å². The van der Waals surface area contributed by atoms with Crippen molar-refractivity contribution in [3.05, 3.63) is 0 Å². The van der Waals surface area contributed by atoms with Crippen LogP contribution in [-0.2, 0) is 4.74 Å². The molecule has 0 radical (unpaired) electrons. The standard InChI is InChI=1S/C11H20N2O/c1-3-4-5-6-10(12)11-9-13(2)7-8-14-11/h1,10-11H,4-9,12H2,2H3. The van der Waals surface area contributed by atoms with Gasteiger partial charge in [0.2, 0.25) is 0 Å². The highest BCUT2D eigenvalue weighted by molar-refractivity contribution is 4.85. The van der Waals surface area contributed by atoms with Crippen LogP contribution in [0.3, 0.4) is 0 Å². The highest BCUT2D eigenvalue weighted by atomic mass is 16.5. The number of unbranched alkanes of at least 4 members (excludes halogenated alkanes) is 1. The Balaban J connectivity index is 2.22. The van der Waals surface area contributed by atoms with Crippen LogP contribution >= 0.6 is 0 Å². The van der Waals surface area contributed by atoms with E-state index in [0.717, 1.165) is 39.0 Å². The number of hydrogen-bond acceptors (Lipinski definition) is 3. The minimum Gasteiger partial charge on any atom is -0.374 e. The number of nitrogens with two attached hydrogens (primary N) is 1. The predicted octanol–water partition coefficient (Wildman–Crippen LogP) is 0.448. The number of rotatable bonds is 4. The number of likely N-dealkylation sites (N-methyl/N-ethyl adjacent to an activating group) is 1. The van der Waals surface area contributed by atoms with Crippen molar-refractivity contribution in [1.82, 2.24) is 4.90 Å². The molecule has 80 valence electrons. The summed E-state index contributed by atoms with van der Waals surface area (Å²) in [6.07, 6.45) is 8.15. The van der Waals surface area contributed by atoms with Gasteiger partial charge in [-0.2, -0.15) is 0 Å². The molecule has 3 nitrogen and oxygen atoms in total. The Bertz CT molecular complexity index is 200. The topological polar surface area (TPSA) is 38.5 Å². The zero-order valence-corrected chi connectivity index (χ0v) is 8.91. The van der Waals surface area contributed by atoms with Crippen molar-refractivity contribution in [2.75, 3.05) is 26.7 Å². The van der Waals surface area contributed by atoms with Crippen LogP contribution in [0.15, 0.2) is 0 Å². The van der Waals surface area contributed by atoms with E-state index in [0.29, 0.717) is 0 Å². The zero-order chi connectivity index (χ0) is 10.4. The largest absolute Gasteiger partial charge is 0.374 e. The van der Waals surface area contributed by atoms with Gasteiger partial charge in [-0.25, -0.2) is 0 Å². The first-order valence-electron chi connectivity index (χ1n) is 5.23. The first kappa shape index (κ1) is 11.5. The Morgan fingerprint density at radius 3 is 3.14 bits per heavy atom. The second kappa shape index (κ2) is 6.02. The van der Waals surface area contributed by atoms with Gasteiger partial charge in [0.15, 0.2) is 0 Å². The molecule has 0 aromatic heterocycles. The molecule has 0 amide bonds. The lowest BCUT2D eigenvalue weighted by atomic mass is 10.0. The number of ether oxygens (including phenoxy) is 1. The number of nitrogens with zero attached hydrogens (tertiary/aromatic N) is 1. The second-order valence-electron chi connectivity index (χ2n) is 3.93. The van der Waals surface area contributed by atoms with Gasteiger partial charge in [-0.1, -0.05) is 0 Å². The summed E-state index contributed by atoms with van der Waals surface area (Å²) in [5.41, 5.74) is 6.03. The maximum absolute atomic E-state index is 6.03. The summed E-state index contributed by atoms with van der Waals surface area (Å²) in [4.78, 5) is 2.26. The Morgan fingerprint density at radius 2 is 2.50 bits per heavy atom. The molecular formula is C11H20N2O. The molecule has 1 rings (SSSR count). The van der Waals surface area contributed by atoms with Gasteiger partial charge in [-0.3, -0.25) is 0 Å². The van der Waals surface area contributed by atoms with Gasteiger partial charge in [-0.15, -0.1) is 12.3 Å². The minimum absolute atomic E-state index is 0.131. The molecule has 2 N–H and O–H groups in total. The molecule has 2 atom stereocenters. The second-order valence-corrected chi connectivity index (χ2v) is 3.93. The van der Waals surface area contributed by atoms with Crippen molar-refractivity contribution < 1.29 is 4.74 Å². The van der Waals surface area contributed by atoms with Gasteiger partial charge in [0.1, 0.15) is 0 Å². The Labute approximate surface area is 86.6 Å². The van der Waals surface area contributed by atoms with E-state index in [1.165, 1.54) is 0 Å². The lowest BCUT2D eigenvalue weighted by Crippen LogP contribution is -2.49. The van der Waals surface area contributed by atoms with Crippen molar-refractivity contribution >= 4 is 0 Å². The summed E-state index contributed by atoms with van der Waals surface area (Å²) in [6, 6.07) is 0.131. The van der Waals surface area contributed by atoms with E-state index in [1.807, 2.05) is 0 Å². The van der Waals surface area contributed by atoms with Crippen LogP contribution in [0, 0.1) is 12.3 Å². The van der Waals surface area contributed by atoms with Crippen LogP contribution in [0.2, 0.25) is 0 Å². The van der Waals surface area contributed by atoms with Crippen LogP contribution in [0.25, 0.3) is 0 Å². The molecule has 0 aromatic carbocycles. The lowest BCUT2D eigenvalue weighted by molar-refractivity contribution is -0.0334. The molecule has 0 bridgehead atoms. The number of morpholine rings is 1. The highest BCUT2D eigenvalue weighted by Gasteiger charge is 2.23. The third-order valence-electron chi connectivity index (χ3n) is 2.63. The van der Waals surface area contributed by atoms with Crippen molar-refractivity contribution in [2.45, 2.75) is 31.4 Å². The third-order valence-corrected chi connectivity index (χ3v) is 2.63. The van der Waals surface area contributed by atoms with Crippen LogP contribution < -0.4 is 5.73 Å². The number of terminal acetylenes is 1. The minimum atomic E-state index is 0.131. The van der Waals surface area contributed by atoms with Gasteiger partial charge >= 0.3 is 0 Å². The van der Waals surface area contributed by atoms with E-state index in [-0.39, 0.29) is 12.1 Å². The Morgan fingerprint density at radius 1 is 1.71 bits per heavy atom. The maximum atomic E-state index is 6.03. The fraction of sp³-hybridized carbons (Fsp3) is 0.818. The average Bonchev–Trinajstić information content (AvgIpc) is 2.18. The van der Waals surface area contributed by atoms with Gasteiger partial charge < -0.3 is 15.4 Å². The average molecular weight is 196 g/mol. The normalized spacial score (nSPS) is 25.6. The van der Waals surface area contributed by atoms with Crippen LogP contribution in [0.5, 0.6) is 0 Å². The molecule has 1 aliphatic heterocycles. The summed E-state index contributed by atoms with van der Waals surface area (Å²) >= 11 is 0. The maximum Gasteiger partial charge on any atom is 0.0853 e. The summed E-state index contributed by atoms with van der Waals surface area (Å²) in [5.74, 6) is 2.63. The van der Waals surface area contributed by atoms with Crippen LogP contribution in [0.1, 0.15) is 19.3 Å². The number of hydrogen-bond donors (Lipinski definition) is 1. The third kappa shape index (κ3) is 3.67. The van der Waals surface area contributed by atoms with E-state index >= 15 is 0 Å². The smallest absolute Gasteiger partial charge is 0.0853 e. The fourth-order valence-electron chi connectivity index (χ4n) is 1.70. The molecule has 0 aromatic rings. The first-order chi connectivity index (χ1) is 6.74. The molecule has 1 saturated heterocycles. The van der Waals surface area contributed by atoms with Crippen molar-refractivity contribution in [3.63, 3.8) is 0 Å². The summed E-state index contributed by atoms with van der Waals surface area (Å²) in [6.45, 7) is 2.74. The summed E-state index contributed by atoms with van der Waals surface area (Å²) in [5, 5.41) is 0. The molecule has 2 unspecified atom stereocenters. The van der Waals surface area contributed by atoms with Crippen molar-refractivity contribution in [1.29, 1.82) is 0 Å². The molecule has 1 fully saturated rings. The lowest BCUT2D eigenvalue weighted by Gasteiger charge is -2.33. The van der Waals surface area contributed by atoms with E-state index in [9.17, 15) is 0 Å². The van der Waals surface area contributed by atoms with E-state index in [4.69, 9.17) is 16.9 Å². The zero-order valence-electron chi connectivity index (χ0n) is 8.91. The molecular weight excluding hydrogens is 176 g/mol. The van der Waals surface area contributed by atoms with Crippen LogP contribution in [0.4, 0.5) is 0 Å². The monoisotopic (exact) mass is 196 g/mol. The molecule has 0 saturated carbocycles. The van der Waals surface area contributed by atoms with E-state index in [2.05, 4.69) is 17.9 Å². The van der Waals surface area contributed by atoms with E-state index < -0.39 is 0 Å². The van der Waals surface area contributed by atoms with Gasteiger partial charge in [0, 0.05) is 25.6 Å². The summed E-state index contributed by atoms with van der Waals surface area (Å²) in [7, 11) is 2.10. The molecule has 0 aliphatic carbocycles. The molecule has 0 spiro atoms. The van der Waals surface area contributed by atoms with Crippen molar-refractivity contribution in [3.8, 4) is 12.3 Å². The SMILES string of the molecule is C#CCCCC(N)C1CN(C)CCO1. The first-order valence-corrected chi connectivity index (χ1v) is 5.23. The Hall–Kier alpha value is -0.560. The summed E-state index contributed by atoms with van der Waals surface area (Å²) < 4.78 is 5.62. The van der Waals surface area contributed by atoms with E-state index in [1.54, 1.807) is 0 Å². The van der Waals surface area contributed by atoms with Crippen molar-refractivity contribution in [2.24, 2.45) is 5.73 Å². The van der Waals surface area contributed by atoms with Gasteiger partial charge in [0.25, 0.3) is 0 Å². The predicted molar refractivity (Wildman–Crippen MR) is 57.9 cm³/mol. The molecule has 1 aliphatic rings. The molecule has 3 heteroatoms. The van der Waals surface area contributed by atoms with Gasteiger partial charge in [0.05, 0.1) is 12.7 Å². The quantitative estimate of drug-likeness (QED) is 0.524.